The van der Waals surface area contributed by atoms with Crippen LogP contribution >= 0.6 is 11.8 Å². The average molecular weight is 248 g/mol. The van der Waals surface area contributed by atoms with Gasteiger partial charge >= 0.3 is 0 Å². The molecule has 0 saturated heterocycles. The summed E-state index contributed by atoms with van der Waals surface area (Å²) in [6.45, 7) is 0.610. The third-order valence-electron chi connectivity index (χ3n) is 2.14. The van der Waals surface area contributed by atoms with Crippen LogP contribution in [0.4, 0.5) is 5.69 Å². The summed E-state index contributed by atoms with van der Waals surface area (Å²) in [5.41, 5.74) is 6.18. The molecule has 0 radical (unpaired) electrons. The first-order valence-electron chi connectivity index (χ1n) is 5.10. The van der Waals surface area contributed by atoms with Crippen molar-refractivity contribution in [2.45, 2.75) is 11.6 Å². The molecule has 2 aromatic rings. The molecule has 17 heavy (non-hydrogen) atoms. The average Bonchev–Trinajstić information content (AvgIpc) is 2.35. The summed E-state index contributed by atoms with van der Waals surface area (Å²) in [4.78, 5) is 19.4. The molecule has 0 saturated carbocycles. The molecule has 6 heteroatoms. The van der Waals surface area contributed by atoms with E-state index in [4.69, 9.17) is 5.73 Å². The number of hydrogen-bond acceptors (Lipinski definition) is 5. The van der Waals surface area contributed by atoms with Crippen LogP contribution in [0.2, 0.25) is 0 Å². The Morgan fingerprint density at radius 1 is 1.35 bits per heavy atom. The zero-order valence-electron chi connectivity index (χ0n) is 9.11. The molecular formula is C11H12N4OS. The van der Waals surface area contributed by atoms with E-state index in [1.165, 1.54) is 12.4 Å². The first-order chi connectivity index (χ1) is 8.25. The number of aromatic nitrogens is 3. The van der Waals surface area contributed by atoms with Crippen LogP contribution in [0, 0.1) is 0 Å². The third kappa shape index (κ3) is 3.32. The summed E-state index contributed by atoms with van der Waals surface area (Å²) < 4.78 is 1.60. The standard InChI is InChI=1S/C11H12N4OS/c12-9-1-2-11(16)15(7-9)5-6-17-10-3-4-13-8-14-10/h1-4,7-8H,5-6,12H2. The van der Waals surface area contributed by atoms with E-state index in [9.17, 15) is 4.79 Å². The van der Waals surface area contributed by atoms with Crippen molar-refractivity contribution in [3.8, 4) is 0 Å². The van der Waals surface area contributed by atoms with E-state index < -0.39 is 0 Å². The Kier molecular flexibility index (Phi) is 3.77. The summed E-state index contributed by atoms with van der Waals surface area (Å²) >= 11 is 1.58. The quantitative estimate of drug-likeness (QED) is 0.645. The minimum absolute atomic E-state index is 0.0394. The van der Waals surface area contributed by atoms with Crippen LogP contribution < -0.4 is 11.3 Å². The van der Waals surface area contributed by atoms with Crippen molar-refractivity contribution in [1.29, 1.82) is 0 Å². The highest BCUT2D eigenvalue weighted by atomic mass is 32.2. The Bertz CT molecular complexity index is 541. The van der Waals surface area contributed by atoms with Gasteiger partial charge in [-0.1, -0.05) is 0 Å². The van der Waals surface area contributed by atoms with Crippen molar-refractivity contribution in [1.82, 2.24) is 14.5 Å². The van der Waals surface area contributed by atoms with Gasteiger partial charge in [0.25, 0.3) is 5.56 Å². The lowest BCUT2D eigenvalue weighted by Crippen LogP contribution is -2.19. The number of nitrogen functional groups attached to an aromatic ring is 1. The van der Waals surface area contributed by atoms with Crippen molar-refractivity contribution in [2.24, 2.45) is 0 Å². The molecule has 0 spiro atoms. The van der Waals surface area contributed by atoms with Crippen LogP contribution in [0.25, 0.3) is 0 Å². The zero-order chi connectivity index (χ0) is 12.1. The summed E-state index contributed by atoms with van der Waals surface area (Å²) in [6, 6.07) is 4.92. The van der Waals surface area contributed by atoms with Gasteiger partial charge in [-0.05, 0) is 12.1 Å². The number of rotatable bonds is 4. The maximum atomic E-state index is 11.5. The number of hydrogen-bond donors (Lipinski definition) is 1. The van der Waals surface area contributed by atoms with Gasteiger partial charge in [-0.2, -0.15) is 0 Å². The molecule has 0 amide bonds. The van der Waals surface area contributed by atoms with Gasteiger partial charge in [0.2, 0.25) is 0 Å². The van der Waals surface area contributed by atoms with Gasteiger partial charge < -0.3 is 10.3 Å². The van der Waals surface area contributed by atoms with E-state index in [2.05, 4.69) is 9.97 Å². The number of thioether (sulfide) groups is 1. The Balaban J connectivity index is 1.94. The summed E-state index contributed by atoms with van der Waals surface area (Å²) in [7, 11) is 0. The topological polar surface area (TPSA) is 73.8 Å². The van der Waals surface area contributed by atoms with Crippen molar-refractivity contribution >= 4 is 17.4 Å². The molecule has 88 valence electrons. The normalized spacial score (nSPS) is 10.4. The molecule has 0 unspecified atom stereocenters. The highest BCUT2D eigenvalue weighted by molar-refractivity contribution is 7.99. The lowest BCUT2D eigenvalue weighted by molar-refractivity contribution is 0.736. The van der Waals surface area contributed by atoms with E-state index in [0.29, 0.717) is 12.2 Å². The molecule has 2 rings (SSSR count). The van der Waals surface area contributed by atoms with Gasteiger partial charge in [0, 0.05) is 36.4 Å². The fourth-order valence-electron chi connectivity index (χ4n) is 1.34. The zero-order valence-corrected chi connectivity index (χ0v) is 9.93. The highest BCUT2D eigenvalue weighted by Crippen LogP contribution is 2.13. The molecule has 2 aromatic heterocycles. The lowest BCUT2D eigenvalue weighted by atomic mass is 10.4. The van der Waals surface area contributed by atoms with E-state index >= 15 is 0 Å². The number of nitrogens with zero attached hydrogens (tertiary/aromatic N) is 3. The summed E-state index contributed by atoms with van der Waals surface area (Å²) in [5.74, 6) is 0.764. The van der Waals surface area contributed by atoms with Crippen LogP contribution in [0.3, 0.4) is 0 Å². The van der Waals surface area contributed by atoms with Gasteiger partial charge in [-0.25, -0.2) is 9.97 Å². The molecule has 0 atom stereocenters. The Labute approximate surface area is 103 Å². The molecule has 0 bridgehead atoms. The Morgan fingerprint density at radius 3 is 3.00 bits per heavy atom. The predicted molar refractivity (Wildman–Crippen MR) is 67.9 cm³/mol. The van der Waals surface area contributed by atoms with E-state index in [0.717, 1.165) is 10.8 Å². The van der Waals surface area contributed by atoms with Gasteiger partial charge in [0.15, 0.2) is 0 Å². The largest absolute Gasteiger partial charge is 0.398 e. The van der Waals surface area contributed by atoms with Crippen molar-refractivity contribution in [3.05, 3.63) is 47.3 Å². The molecular weight excluding hydrogens is 236 g/mol. The van der Waals surface area contributed by atoms with Gasteiger partial charge in [0.05, 0.1) is 5.03 Å². The molecule has 0 aliphatic carbocycles. The fraction of sp³-hybridized carbons (Fsp3) is 0.182. The summed E-state index contributed by atoms with van der Waals surface area (Å²) in [5, 5.41) is 0.900. The second-order valence-electron chi connectivity index (χ2n) is 3.39. The molecule has 0 aliphatic heterocycles. The first kappa shape index (κ1) is 11.7. The van der Waals surface area contributed by atoms with E-state index in [1.807, 2.05) is 6.07 Å². The van der Waals surface area contributed by atoms with Crippen LogP contribution in [0.15, 0.2) is 46.7 Å². The highest BCUT2D eigenvalue weighted by Gasteiger charge is 1.98. The summed E-state index contributed by atoms with van der Waals surface area (Å²) in [6.07, 6.45) is 4.86. The van der Waals surface area contributed by atoms with Gasteiger partial charge in [0.1, 0.15) is 6.33 Å². The second-order valence-corrected chi connectivity index (χ2v) is 4.51. The minimum atomic E-state index is -0.0394. The van der Waals surface area contributed by atoms with E-state index in [1.54, 1.807) is 34.8 Å². The molecule has 0 fully saturated rings. The molecule has 0 aromatic carbocycles. The maximum Gasteiger partial charge on any atom is 0.250 e. The van der Waals surface area contributed by atoms with Crippen LogP contribution in [-0.2, 0) is 6.54 Å². The number of aryl methyl sites for hydroxylation is 1. The molecule has 2 heterocycles. The predicted octanol–water partition coefficient (Wildman–Crippen LogP) is 1.01. The first-order valence-corrected chi connectivity index (χ1v) is 6.09. The third-order valence-corrected chi connectivity index (χ3v) is 3.07. The monoisotopic (exact) mass is 248 g/mol. The second kappa shape index (κ2) is 5.49. The minimum Gasteiger partial charge on any atom is -0.398 e. The van der Waals surface area contributed by atoms with Crippen LogP contribution in [0.1, 0.15) is 0 Å². The van der Waals surface area contributed by atoms with E-state index in [-0.39, 0.29) is 5.56 Å². The number of pyridine rings is 1. The Hall–Kier alpha value is -1.82. The molecule has 2 N–H and O–H groups in total. The molecule has 5 nitrogen and oxygen atoms in total. The lowest BCUT2D eigenvalue weighted by Gasteiger charge is -2.05. The molecule has 0 aliphatic rings. The van der Waals surface area contributed by atoms with Crippen LogP contribution in [-0.4, -0.2) is 20.3 Å². The van der Waals surface area contributed by atoms with Crippen molar-refractivity contribution < 1.29 is 0 Å². The van der Waals surface area contributed by atoms with Crippen LogP contribution in [0.5, 0.6) is 0 Å². The Morgan fingerprint density at radius 2 is 2.24 bits per heavy atom. The number of anilines is 1. The fourth-order valence-corrected chi connectivity index (χ4v) is 2.11. The number of nitrogens with two attached hydrogens (primary N) is 1. The van der Waals surface area contributed by atoms with Gasteiger partial charge in [-0.15, -0.1) is 11.8 Å². The van der Waals surface area contributed by atoms with Gasteiger partial charge in [-0.3, -0.25) is 4.79 Å². The van der Waals surface area contributed by atoms with Crippen molar-refractivity contribution in [3.63, 3.8) is 0 Å². The SMILES string of the molecule is Nc1ccc(=O)n(CCSc2ccncn2)c1. The van der Waals surface area contributed by atoms with Crippen molar-refractivity contribution in [2.75, 3.05) is 11.5 Å². The smallest absolute Gasteiger partial charge is 0.250 e. The maximum absolute atomic E-state index is 11.5.